The second-order valence-electron chi connectivity index (χ2n) is 7.72. The van der Waals surface area contributed by atoms with Gasteiger partial charge in [-0.25, -0.2) is 4.79 Å². The van der Waals surface area contributed by atoms with Crippen LogP contribution < -0.4 is 0 Å². The number of fused-ring (bicyclic) bond motifs is 2. The van der Waals surface area contributed by atoms with Gasteiger partial charge in [0.25, 0.3) is 0 Å². The van der Waals surface area contributed by atoms with E-state index in [2.05, 4.69) is 23.2 Å². The smallest absolute Gasteiger partial charge is 0.411 e. The van der Waals surface area contributed by atoms with E-state index in [9.17, 15) is 4.79 Å². The summed E-state index contributed by atoms with van der Waals surface area (Å²) in [6, 6.07) is 4.69. The van der Waals surface area contributed by atoms with E-state index in [0.717, 1.165) is 30.7 Å². The molecule has 0 aromatic carbocycles. The molecule has 124 valence electrons. The van der Waals surface area contributed by atoms with Crippen molar-refractivity contribution in [1.82, 2.24) is 9.88 Å². The SMILES string of the molecule is Cc1cc(C2=CC3CCC(C2)N3C(=O)OC(C)(C)C)cc(C)n1. The van der Waals surface area contributed by atoms with Gasteiger partial charge >= 0.3 is 6.09 Å². The van der Waals surface area contributed by atoms with Crippen molar-refractivity contribution in [3.8, 4) is 0 Å². The fourth-order valence-corrected chi connectivity index (χ4v) is 3.66. The molecule has 0 N–H and O–H groups in total. The number of aryl methyl sites for hydroxylation is 2. The first-order valence-electron chi connectivity index (χ1n) is 8.40. The molecule has 2 aliphatic heterocycles. The van der Waals surface area contributed by atoms with E-state index in [4.69, 9.17) is 4.74 Å². The molecule has 23 heavy (non-hydrogen) atoms. The molecular formula is C19H26N2O2. The molecule has 1 saturated heterocycles. The maximum absolute atomic E-state index is 12.5. The molecule has 4 nitrogen and oxygen atoms in total. The number of carbonyl (C=O) groups is 1. The summed E-state index contributed by atoms with van der Waals surface area (Å²) in [4.78, 5) is 18.9. The molecule has 0 spiro atoms. The lowest BCUT2D eigenvalue weighted by Gasteiger charge is -2.35. The molecule has 2 aliphatic rings. The fourth-order valence-electron chi connectivity index (χ4n) is 3.66. The zero-order valence-corrected chi connectivity index (χ0v) is 14.7. The van der Waals surface area contributed by atoms with Gasteiger partial charge in [-0.3, -0.25) is 9.88 Å². The van der Waals surface area contributed by atoms with Gasteiger partial charge in [-0.15, -0.1) is 0 Å². The zero-order valence-electron chi connectivity index (χ0n) is 14.7. The molecule has 0 aliphatic carbocycles. The molecule has 2 atom stereocenters. The molecule has 3 rings (SSSR count). The molecule has 0 saturated carbocycles. The van der Waals surface area contributed by atoms with Crippen LogP contribution in [-0.2, 0) is 4.74 Å². The normalized spacial score (nSPS) is 23.7. The third-order valence-electron chi connectivity index (χ3n) is 4.45. The molecular weight excluding hydrogens is 288 g/mol. The van der Waals surface area contributed by atoms with Crippen LogP contribution in [-0.4, -0.2) is 33.7 Å². The summed E-state index contributed by atoms with van der Waals surface area (Å²) in [5.74, 6) is 0. The third kappa shape index (κ3) is 3.41. The molecule has 2 bridgehead atoms. The fraction of sp³-hybridized carbons (Fsp3) is 0.579. The monoisotopic (exact) mass is 314 g/mol. The minimum absolute atomic E-state index is 0.160. The van der Waals surface area contributed by atoms with Crippen molar-refractivity contribution in [2.45, 2.75) is 71.6 Å². The van der Waals surface area contributed by atoms with Gasteiger partial charge in [-0.1, -0.05) is 6.08 Å². The quantitative estimate of drug-likeness (QED) is 0.778. The second kappa shape index (κ2) is 5.66. The predicted molar refractivity (Wildman–Crippen MR) is 91.2 cm³/mol. The highest BCUT2D eigenvalue weighted by atomic mass is 16.6. The maximum atomic E-state index is 12.5. The summed E-state index contributed by atoms with van der Waals surface area (Å²) in [6.07, 6.45) is 5.05. The summed E-state index contributed by atoms with van der Waals surface area (Å²) in [6.45, 7) is 9.81. The van der Waals surface area contributed by atoms with Crippen LogP contribution in [0.1, 0.15) is 57.0 Å². The second-order valence-corrected chi connectivity index (χ2v) is 7.72. The highest BCUT2D eigenvalue weighted by Gasteiger charge is 2.41. The number of amides is 1. The molecule has 0 radical (unpaired) electrons. The van der Waals surface area contributed by atoms with E-state index in [1.807, 2.05) is 39.5 Å². The molecule has 1 fully saturated rings. The van der Waals surface area contributed by atoms with Crippen LogP contribution in [0.25, 0.3) is 5.57 Å². The van der Waals surface area contributed by atoms with Crippen LogP contribution >= 0.6 is 0 Å². The molecule has 1 aromatic heterocycles. The molecule has 2 unspecified atom stereocenters. The highest BCUT2D eigenvalue weighted by molar-refractivity contribution is 5.75. The number of carbonyl (C=O) groups excluding carboxylic acids is 1. The average molecular weight is 314 g/mol. The number of hydrogen-bond acceptors (Lipinski definition) is 3. The maximum Gasteiger partial charge on any atom is 0.411 e. The Morgan fingerprint density at radius 1 is 1.22 bits per heavy atom. The largest absolute Gasteiger partial charge is 0.444 e. The van der Waals surface area contributed by atoms with Gasteiger partial charge in [0.05, 0.1) is 6.04 Å². The Labute approximate surface area is 138 Å². The Bertz CT molecular complexity index is 638. The third-order valence-corrected chi connectivity index (χ3v) is 4.45. The highest BCUT2D eigenvalue weighted by Crippen LogP contribution is 2.39. The van der Waals surface area contributed by atoms with Gasteiger partial charge in [0.1, 0.15) is 5.60 Å². The van der Waals surface area contributed by atoms with Crippen LogP contribution in [0.2, 0.25) is 0 Å². The van der Waals surface area contributed by atoms with Gasteiger partial charge in [0.15, 0.2) is 0 Å². The van der Waals surface area contributed by atoms with Crippen LogP contribution in [0.5, 0.6) is 0 Å². The Hall–Kier alpha value is -1.84. The van der Waals surface area contributed by atoms with Crippen molar-refractivity contribution in [1.29, 1.82) is 0 Å². The van der Waals surface area contributed by atoms with Crippen molar-refractivity contribution >= 4 is 11.7 Å². The number of ether oxygens (including phenoxy) is 1. The molecule has 1 aromatic rings. The van der Waals surface area contributed by atoms with Gasteiger partial charge in [-0.2, -0.15) is 0 Å². The summed E-state index contributed by atoms with van der Waals surface area (Å²) in [5.41, 5.74) is 4.23. The lowest BCUT2D eigenvalue weighted by Crippen LogP contribution is -2.45. The Morgan fingerprint density at radius 2 is 1.87 bits per heavy atom. The van der Waals surface area contributed by atoms with Gasteiger partial charge in [-0.05, 0) is 77.2 Å². The van der Waals surface area contributed by atoms with Crippen molar-refractivity contribution < 1.29 is 9.53 Å². The van der Waals surface area contributed by atoms with Crippen molar-refractivity contribution in [3.05, 3.63) is 35.2 Å². The van der Waals surface area contributed by atoms with E-state index in [0.29, 0.717) is 0 Å². The number of hydrogen-bond donors (Lipinski definition) is 0. The van der Waals surface area contributed by atoms with Gasteiger partial charge in [0, 0.05) is 17.4 Å². The number of aromatic nitrogens is 1. The number of nitrogens with zero attached hydrogens (tertiary/aromatic N) is 2. The average Bonchev–Trinajstić information content (AvgIpc) is 2.66. The Morgan fingerprint density at radius 3 is 2.43 bits per heavy atom. The zero-order chi connectivity index (χ0) is 16.8. The van der Waals surface area contributed by atoms with Crippen LogP contribution in [0.4, 0.5) is 4.79 Å². The van der Waals surface area contributed by atoms with Crippen molar-refractivity contribution in [3.63, 3.8) is 0 Å². The van der Waals surface area contributed by atoms with E-state index >= 15 is 0 Å². The molecule has 1 amide bonds. The van der Waals surface area contributed by atoms with E-state index in [1.165, 1.54) is 11.1 Å². The van der Waals surface area contributed by atoms with Crippen LogP contribution in [0.3, 0.4) is 0 Å². The lowest BCUT2D eigenvalue weighted by atomic mass is 9.94. The van der Waals surface area contributed by atoms with E-state index in [1.54, 1.807) is 0 Å². The van der Waals surface area contributed by atoms with Crippen molar-refractivity contribution in [2.24, 2.45) is 0 Å². The minimum Gasteiger partial charge on any atom is -0.444 e. The van der Waals surface area contributed by atoms with E-state index < -0.39 is 5.60 Å². The summed E-state index contributed by atoms with van der Waals surface area (Å²) in [7, 11) is 0. The van der Waals surface area contributed by atoms with Gasteiger partial charge in [0.2, 0.25) is 0 Å². The molecule has 4 heteroatoms. The van der Waals surface area contributed by atoms with E-state index in [-0.39, 0.29) is 18.2 Å². The van der Waals surface area contributed by atoms with Gasteiger partial charge < -0.3 is 4.74 Å². The number of pyridine rings is 1. The summed E-state index contributed by atoms with van der Waals surface area (Å²) in [5, 5.41) is 0. The standard InChI is InChI=1S/C19H26N2O2/c1-12-8-14(9-13(2)20-12)15-10-16-6-7-17(11-15)21(16)18(22)23-19(3,4)5/h8-10,16-17H,6-7,11H2,1-5H3. The number of rotatable bonds is 1. The van der Waals surface area contributed by atoms with Crippen LogP contribution in [0.15, 0.2) is 18.2 Å². The first kappa shape index (κ1) is 16.0. The minimum atomic E-state index is -0.445. The Balaban J connectivity index is 1.84. The molecule has 3 heterocycles. The summed E-state index contributed by atoms with van der Waals surface area (Å²) >= 11 is 0. The van der Waals surface area contributed by atoms with Crippen molar-refractivity contribution in [2.75, 3.05) is 0 Å². The first-order valence-corrected chi connectivity index (χ1v) is 8.40. The topological polar surface area (TPSA) is 42.4 Å². The lowest BCUT2D eigenvalue weighted by molar-refractivity contribution is 0.0175. The predicted octanol–water partition coefficient (Wildman–Crippen LogP) is 4.25. The van der Waals surface area contributed by atoms with Crippen LogP contribution in [0, 0.1) is 13.8 Å². The first-order chi connectivity index (χ1) is 10.7. The summed E-state index contributed by atoms with van der Waals surface area (Å²) < 4.78 is 5.58. The Kier molecular flexibility index (Phi) is 3.95.